The smallest absolute Gasteiger partial charge is 0.328 e. The Morgan fingerprint density at radius 1 is 1.00 bits per heavy atom. The number of ether oxygens (including phenoxy) is 3. The van der Waals surface area contributed by atoms with E-state index in [-0.39, 0.29) is 36.7 Å². The Kier molecular flexibility index (Phi) is 12.2. The van der Waals surface area contributed by atoms with E-state index in [4.69, 9.17) is 19.2 Å². The van der Waals surface area contributed by atoms with Crippen molar-refractivity contribution in [2.75, 3.05) is 14.2 Å². The van der Waals surface area contributed by atoms with E-state index in [1.54, 1.807) is 52.2 Å². The number of fused-ring (bicyclic) bond motifs is 1. The number of ketones is 1. The lowest BCUT2D eigenvalue weighted by molar-refractivity contribution is -0.148. The fraction of sp³-hybridized carbons (Fsp3) is 0.467. The fourth-order valence-corrected chi connectivity index (χ4v) is 8.38. The van der Waals surface area contributed by atoms with Gasteiger partial charge in [-0.15, -0.1) is 6.58 Å². The minimum Gasteiger partial charge on any atom is -0.497 e. The van der Waals surface area contributed by atoms with Gasteiger partial charge in [0.2, 0.25) is 11.8 Å². The topological polar surface area (TPSA) is 170 Å². The molecule has 0 saturated heterocycles. The summed E-state index contributed by atoms with van der Waals surface area (Å²) in [4.78, 5) is 73.0. The number of nitrogens with one attached hydrogen (secondary N) is 2. The number of carbonyl (C=O) groups is 5. The van der Waals surface area contributed by atoms with Crippen molar-refractivity contribution in [3.63, 3.8) is 0 Å². The molecule has 0 bridgehead atoms. The van der Waals surface area contributed by atoms with Crippen LogP contribution in [0.3, 0.4) is 0 Å². The number of aromatic nitrogens is 1. The molecule has 2 fully saturated rings. The summed E-state index contributed by atoms with van der Waals surface area (Å²) in [6.07, 6.45) is 6.89. The third-order valence-electron chi connectivity index (χ3n) is 11.8. The molecule has 2 aromatic carbocycles. The van der Waals surface area contributed by atoms with Crippen LogP contribution >= 0.6 is 0 Å². The van der Waals surface area contributed by atoms with Gasteiger partial charge in [0.1, 0.15) is 35.5 Å². The van der Waals surface area contributed by atoms with Gasteiger partial charge in [-0.2, -0.15) is 0 Å². The Morgan fingerprint density at radius 3 is 2.33 bits per heavy atom. The SMILES string of the molecule is C=C[C@@H]1C[C@]1(CC(=O)[C@@H]1C[C@@H](Oc2cc(-c3ccccc3)nc3cc(OC)ccc23)C=C1C(=O)N[C@H](C(=O)N[C@H](C(=O)OC)C1CCCCC1)C(C)(C)C)C(=O)O. The molecular weight excluding hydrogens is 727 g/mol. The van der Waals surface area contributed by atoms with E-state index in [9.17, 15) is 29.1 Å². The average molecular weight is 780 g/mol. The number of carboxylic acids is 1. The lowest BCUT2D eigenvalue weighted by atomic mass is 9.82. The highest BCUT2D eigenvalue weighted by Crippen LogP contribution is 2.57. The van der Waals surface area contributed by atoms with Crippen LogP contribution in [0.15, 0.2) is 78.9 Å². The number of Topliss-reactive ketones (excluding diaryl/α,β-unsaturated/α-hetero) is 1. The van der Waals surface area contributed by atoms with E-state index in [2.05, 4.69) is 17.2 Å². The maximum Gasteiger partial charge on any atom is 0.328 e. The quantitative estimate of drug-likeness (QED) is 0.113. The molecule has 0 unspecified atom stereocenters. The lowest BCUT2D eigenvalue weighted by Gasteiger charge is -2.34. The van der Waals surface area contributed by atoms with Crippen LogP contribution < -0.4 is 20.1 Å². The van der Waals surface area contributed by atoms with E-state index in [0.717, 1.165) is 37.7 Å². The predicted molar refractivity (Wildman–Crippen MR) is 214 cm³/mol. The summed E-state index contributed by atoms with van der Waals surface area (Å²) in [7, 11) is 2.86. The largest absolute Gasteiger partial charge is 0.497 e. The van der Waals surface area contributed by atoms with Gasteiger partial charge in [0, 0.05) is 41.5 Å². The number of methoxy groups -OCH3 is 2. The molecule has 0 radical (unpaired) electrons. The molecule has 0 spiro atoms. The zero-order valence-electron chi connectivity index (χ0n) is 33.3. The standard InChI is InChI=1S/C45H53N3O9/c1-7-28-24-45(28,43(53)54)25-36(49)32-20-30(57-37-23-34(26-14-10-8-11-15-26)46-35-22-29(55-5)18-19-31(35)37)21-33(32)40(50)48-39(44(2,3)4)41(51)47-38(42(52)56-6)27-16-12-9-13-17-27/h7-8,10-11,14-15,18-19,21-23,27-28,30,32,38-39H,1,9,12-13,16-17,20,24-25H2,2-6H3,(H,47,51)(H,48,50)(H,53,54)/t28-,30-,32-,38+,39-,45-/m1/s1. The van der Waals surface area contributed by atoms with E-state index in [1.807, 2.05) is 42.5 Å². The summed E-state index contributed by atoms with van der Waals surface area (Å²) in [6, 6.07) is 14.9. The molecule has 57 heavy (non-hydrogen) atoms. The van der Waals surface area contributed by atoms with Crippen molar-refractivity contribution in [3.8, 4) is 22.8 Å². The number of esters is 1. The minimum absolute atomic E-state index is 0.0646. The van der Waals surface area contributed by atoms with Crippen molar-refractivity contribution < 1.29 is 43.3 Å². The van der Waals surface area contributed by atoms with Crippen molar-refractivity contribution in [1.82, 2.24) is 15.6 Å². The van der Waals surface area contributed by atoms with E-state index in [1.165, 1.54) is 7.11 Å². The Morgan fingerprint density at radius 2 is 1.72 bits per heavy atom. The van der Waals surface area contributed by atoms with Crippen LogP contribution in [-0.2, 0) is 28.7 Å². The Balaban J connectivity index is 1.33. The van der Waals surface area contributed by atoms with Gasteiger partial charge in [-0.3, -0.25) is 19.2 Å². The summed E-state index contributed by atoms with van der Waals surface area (Å²) >= 11 is 0. The third-order valence-corrected chi connectivity index (χ3v) is 11.8. The molecule has 3 aliphatic carbocycles. The van der Waals surface area contributed by atoms with Gasteiger partial charge in [-0.1, -0.05) is 76.4 Å². The Labute approximate surface area is 333 Å². The van der Waals surface area contributed by atoms with Crippen LogP contribution in [0.25, 0.3) is 22.2 Å². The Bertz CT molecular complexity index is 2070. The van der Waals surface area contributed by atoms with Crippen molar-refractivity contribution in [1.29, 1.82) is 0 Å². The second kappa shape index (κ2) is 16.9. The number of nitrogens with zero attached hydrogens (tertiary/aromatic N) is 1. The summed E-state index contributed by atoms with van der Waals surface area (Å²) in [6.45, 7) is 9.16. The fourth-order valence-electron chi connectivity index (χ4n) is 8.38. The van der Waals surface area contributed by atoms with Gasteiger partial charge in [-0.25, -0.2) is 9.78 Å². The molecule has 302 valence electrons. The van der Waals surface area contributed by atoms with Crippen LogP contribution in [0.5, 0.6) is 11.5 Å². The molecule has 12 heteroatoms. The summed E-state index contributed by atoms with van der Waals surface area (Å²) in [5.74, 6) is -3.66. The predicted octanol–water partition coefficient (Wildman–Crippen LogP) is 6.61. The van der Waals surface area contributed by atoms with Crippen molar-refractivity contribution >= 4 is 40.4 Å². The summed E-state index contributed by atoms with van der Waals surface area (Å²) < 4.78 is 17.2. The van der Waals surface area contributed by atoms with E-state index >= 15 is 0 Å². The first kappa shape index (κ1) is 41.1. The number of pyridine rings is 1. The third kappa shape index (κ3) is 8.90. The number of aliphatic carboxylic acids is 1. The second-order valence-electron chi connectivity index (χ2n) is 16.7. The average Bonchev–Trinajstić information content (AvgIpc) is 3.77. The number of hydrogen-bond acceptors (Lipinski definition) is 9. The van der Waals surface area contributed by atoms with Gasteiger partial charge in [0.05, 0.1) is 36.8 Å². The van der Waals surface area contributed by atoms with Gasteiger partial charge in [0.15, 0.2) is 0 Å². The number of carbonyl (C=O) groups excluding carboxylic acids is 4. The second-order valence-corrected chi connectivity index (χ2v) is 16.7. The zero-order chi connectivity index (χ0) is 41.1. The summed E-state index contributed by atoms with van der Waals surface area (Å²) in [5, 5.41) is 16.6. The molecular formula is C45H53N3O9. The normalized spacial score (nSPS) is 23.0. The maximum atomic E-state index is 14.4. The molecule has 6 atom stereocenters. The van der Waals surface area contributed by atoms with Crippen molar-refractivity contribution in [2.24, 2.45) is 28.6 Å². The highest BCUT2D eigenvalue weighted by molar-refractivity contribution is 6.04. The first-order valence-corrected chi connectivity index (χ1v) is 19.7. The highest BCUT2D eigenvalue weighted by Gasteiger charge is 2.60. The highest BCUT2D eigenvalue weighted by atomic mass is 16.5. The van der Waals surface area contributed by atoms with Gasteiger partial charge < -0.3 is 30.0 Å². The van der Waals surface area contributed by atoms with Gasteiger partial charge in [-0.05, 0) is 54.7 Å². The number of carboxylic acid groups (broad SMARTS) is 1. The number of benzene rings is 2. The number of amides is 2. The Hall–Kier alpha value is -5.52. The molecule has 3 aromatic rings. The van der Waals surface area contributed by atoms with Crippen LogP contribution in [-0.4, -0.2) is 72.0 Å². The van der Waals surface area contributed by atoms with Gasteiger partial charge >= 0.3 is 11.9 Å². The van der Waals surface area contributed by atoms with Crippen LogP contribution in [0.4, 0.5) is 0 Å². The number of allylic oxidation sites excluding steroid dienone is 1. The molecule has 3 aliphatic rings. The van der Waals surface area contributed by atoms with Gasteiger partial charge in [0.25, 0.3) is 0 Å². The first-order chi connectivity index (χ1) is 27.2. The molecule has 12 nitrogen and oxygen atoms in total. The minimum atomic E-state index is -1.29. The van der Waals surface area contributed by atoms with Crippen LogP contribution in [0.1, 0.15) is 72.1 Å². The monoisotopic (exact) mass is 779 g/mol. The number of rotatable bonds is 15. The molecule has 1 heterocycles. The maximum absolute atomic E-state index is 14.4. The van der Waals surface area contributed by atoms with E-state index < -0.39 is 64.5 Å². The zero-order valence-corrected chi connectivity index (χ0v) is 33.3. The van der Waals surface area contributed by atoms with E-state index in [0.29, 0.717) is 28.1 Å². The first-order valence-electron chi connectivity index (χ1n) is 19.7. The molecule has 3 N–H and O–H groups in total. The molecule has 2 saturated carbocycles. The van der Waals surface area contributed by atoms with Crippen molar-refractivity contribution in [2.45, 2.75) is 90.3 Å². The lowest BCUT2D eigenvalue weighted by Crippen LogP contribution is -2.58. The molecule has 0 aliphatic heterocycles. The van der Waals surface area contributed by atoms with Crippen LogP contribution in [0.2, 0.25) is 0 Å². The summed E-state index contributed by atoms with van der Waals surface area (Å²) in [5.41, 5.74) is 0.0909. The molecule has 6 rings (SSSR count). The van der Waals surface area contributed by atoms with Crippen molar-refractivity contribution in [3.05, 3.63) is 78.9 Å². The van der Waals surface area contributed by atoms with Crippen LogP contribution in [0, 0.1) is 28.6 Å². The number of hydrogen-bond donors (Lipinski definition) is 3. The molecule has 2 amide bonds. The molecule has 1 aromatic heterocycles.